The summed E-state index contributed by atoms with van der Waals surface area (Å²) < 4.78 is 0. The molecule has 1 aliphatic carbocycles. The van der Waals surface area contributed by atoms with E-state index < -0.39 is 0 Å². The van der Waals surface area contributed by atoms with Crippen LogP contribution < -0.4 is 5.32 Å². The van der Waals surface area contributed by atoms with Crippen molar-refractivity contribution in [3.05, 3.63) is 0 Å². The smallest absolute Gasteiger partial charge is 0.221 e. The lowest BCUT2D eigenvalue weighted by atomic mass is 10.1. The number of hydrogen-bond donors (Lipinski definition) is 1. The molecule has 2 nitrogen and oxygen atoms in total. The second-order valence-corrected chi connectivity index (χ2v) is 3.94. The Bertz CT molecular complexity index is 222. The van der Waals surface area contributed by atoms with Crippen LogP contribution in [-0.4, -0.2) is 11.9 Å². The van der Waals surface area contributed by atoms with Crippen LogP contribution in [0.1, 0.15) is 33.1 Å². The maximum Gasteiger partial charge on any atom is 0.221 e. The van der Waals surface area contributed by atoms with Gasteiger partial charge in [0.15, 0.2) is 0 Å². The van der Waals surface area contributed by atoms with Crippen LogP contribution in [0.4, 0.5) is 0 Å². The van der Waals surface area contributed by atoms with Crippen molar-refractivity contribution in [3.8, 4) is 12.3 Å². The van der Waals surface area contributed by atoms with E-state index in [4.69, 9.17) is 6.42 Å². The van der Waals surface area contributed by atoms with E-state index in [2.05, 4.69) is 18.2 Å². The van der Waals surface area contributed by atoms with Crippen molar-refractivity contribution in [2.75, 3.05) is 0 Å². The minimum absolute atomic E-state index is 0.0838. The number of amides is 1. The summed E-state index contributed by atoms with van der Waals surface area (Å²) in [5, 5.41) is 2.75. The van der Waals surface area contributed by atoms with Crippen molar-refractivity contribution in [2.24, 2.45) is 5.41 Å². The number of carbonyl (C=O) groups is 1. The Hall–Kier alpha value is -0.970. The Morgan fingerprint density at radius 3 is 2.75 bits per heavy atom. The minimum Gasteiger partial charge on any atom is -0.343 e. The van der Waals surface area contributed by atoms with Crippen LogP contribution in [0.3, 0.4) is 0 Å². The Labute approximate surface area is 73.7 Å². The summed E-state index contributed by atoms with van der Waals surface area (Å²) >= 11 is 0. The fourth-order valence-corrected chi connectivity index (χ4v) is 1.11. The van der Waals surface area contributed by atoms with E-state index in [1.165, 1.54) is 12.8 Å². The molecule has 1 fully saturated rings. The highest BCUT2D eigenvalue weighted by Crippen LogP contribution is 2.47. The molecule has 66 valence electrons. The molecule has 0 radical (unpaired) electrons. The van der Waals surface area contributed by atoms with Gasteiger partial charge >= 0.3 is 0 Å². The average molecular weight is 165 g/mol. The zero-order valence-corrected chi connectivity index (χ0v) is 7.68. The highest BCUT2D eigenvalue weighted by Gasteiger charge is 2.39. The van der Waals surface area contributed by atoms with Gasteiger partial charge in [0, 0.05) is 6.42 Å². The van der Waals surface area contributed by atoms with E-state index >= 15 is 0 Å². The number of rotatable bonds is 3. The molecule has 2 heteroatoms. The fourth-order valence-electron chi connectivity index (χ4n) is 1.11. The van der Waals surface area contributed by atoms with Crippen molar-refractivity contribution < 1.29 is 4.79 Å². The highest BCUT2D eigenvalue weighted by molar-refractivity contribution is 5.77. The van der Waals surface area contributed by atoms with E-state index in [1.54, 1.807) is 0 Å². The molecule has 1 atom stereocenters. The van der Waals surface area contributed by atoms with Gasteiger partial charge in [0.1, 0.15) is 0 Å². The van der Waals surface area contributed by atoms with Gasteiger partial charge in [-0.15, -0.1) is 6.42 Å². The summed E-state index contributed by atoms with van der Waals surface area (Å²) in [5.74, 6) is 2.55. The van der Waals surface area contributed by atoms with Gasteiger partial charge in [-0.1, -0.05) is 12.8 Å². The summed E-state index contributed by atoms with van der Waals surface area (Å²) in [5.41, 5.74) is 0.276. The predicted molar refractivity (Wildman–Crippen MR) is 48.4 cm³/mol. The minimum atomic E-state index is -0.139. The van der Waals surface area contributed by atoms with E-state index in [0.717, 1.165) is 0 Å². The lowest BCUT2D eigenvalue weighted by molar-refractivity contribution is -0.122. The molecule has 0 aromatic rings. The third kappa shape index (κ3) is 2.58. The van der Waals surface area contributed by atoms with Crippen LogP contribution >= 0.6 is 0 Å². The number of hydrogen-bond acceptors (Lipinski definition) is 1. The molecule has 0 aliphatic heterocycles. The average Bonchev–Trinajstić information content (AvgIpc) is 2.67. The SMILES string of the molecule is C#CC(C)NC(=O)CC1(C)CC1. The van der Waals surface area contributed by atoms with Gasteiger partial charge < -0.3 is 5.32 Å². The Kier molecular flexibility index (Phi) is 2.42. The van der Waals surface area contributed by atoms with Gasteiger partial charge in [-0.25, -0.2) is 0 Å². The lowest BCUT2D eigenvalue weighted by Crippen LogP contribution is -2.32. The molecule has 1 aliphatic rings. The monoisotopic (exact) mass is 165 g/mol. The Morgan fingerprint density at radius 1 is 1.75 bits per heavy atom. The maximum atomic E-state index is 11.3. The second-order valence-electron chi connectivity index (χ2n) is 3.94. The topological polar surface area (TPSA) is 29.1 Å². The van der Waals surface area contributed by atoms with Crippen molar-refractivity contribution in [1.82, 2.24) is 5.32 Å². The van der Waals surface area contributed by atoms with Gasteiger partial charge in [-0.05, 0) is 25.2 Å². The van der Waals surface area contributed by atoms with Gasteiger partial charge in [0.2, 0.25) is 5.91 Å². The molecule has 1 amide bonds. The highest BCUT2D eigenvalue weighted by atomic mass is 16.1. The largest absolute Gasteiger partial charge is 0.343 e. The van der Waals surface area contributed by atoms with E-state index in [1.807, 2.05) is 6.92 Å². The summed E-state index contributed by atoms with van der Waals surface area (Å²) in [6.45, 7) is 3.94. The maximum absolute atomic E-state index is 11.3. The standard InChI is InChI=1S/C10H15NO/c1-4-8(2)11-9(12)7-10(3)5-6-10/h1,8H,5-7H2,2-3H3,(H,11,12). The zero-order chi connectivity index (χ0) is 9.19. The van der Waals surface area contributed by atoms with E-state index in [0.29, 0.717) is 6.42 Å². The predicted octanol–water partition coefficient (Wildman–Crippen LogP) is 1.31. The molecule has 1 unspecified atom stereocenters. The van der Waals surface area contributed by atoms with Crippen molar-refractivity contribution in [3.63, 3.8) is 0 Å². The van der Waals surface area contributed by atoms with Gasteiger partial charge in [-0.3, -0.25) is 4.79 Å². The van der Waals surface area contributed by atoms with Gasteiger partial charge in [0.05, 0.1) is 6.04 Å². The first-order valence-corrected chi connectivity index (χ1v) is 4.31. The molecule has 0 heterocycles. The molecule has 1 N–H and O–H groups in total. The number of nitrogens with one attached hydrogen (secondary N) is 1. The quantitative estimate of drug-likeness (QED) is 0.628. The van der Waals surface area contributed by atoms with Crippen molar-refractivity contribution >= 4 is 5.91 Å². The van der Waals surface area contributed by atoms with Crippen LogP contribution in [0.2, 0.25) is 0 Å². The Morgan fingerprint density at radius 2 is 2.33 bits per heavy atom. The summed E-state index contributed by atoms with van der Waals surface area (Å²) in [7, 11) is 0. The first-order chi connectivity index (χ1) is 5.56. The van der Waals surface area contributed by atoms with Gasteiger partial charge in [-0.2, -0.15) is 0 Å². The lowest BCUT2D eigenvalue weighted by Gasteiger charge is -2.10. The fraction of sp³-hybridized carbons (Fsp3) is 0.700. The molecule has 0 aromatic heterocycles. The molecule has 0 saturated heterocycles. The third-order valence-corrected chi connectivity index (χ3v) is 2.32. The first-order valence-electron chi connectivity index (χ1n) is 4.31. The molecular formula is C10H15NO. The normalized spacial score (nSPS) is 20.8. The van der Waals surface area contributed by atoms with Gasteiger partial charge in [0.25, 0.3) is 0 Å². The summed E-state index contributed by atoms with van der Waals surface area (Å²) in [6.07, 6.45) is 8.10. The summed E-state index contributed by atoms with van der Waals surface area (Å²) in [4.78, 5) is 11.3. The van der Waals surface area contributed by atoms with E-state index in [-0.39, 0.29) is 17.4 Å². The van der Waals surface area contributed by atoms with Crippen LogP contribution in [-0.2, 0) is 4.79 Å². The van der Waals surface area contributed by atoms with Crippen LogP contribution in [0.5, 0.6) is 0 Å². The molecule has 0 bridgehead atoms. The first kappa shape index (κ1) is 9.12. The number of carbonyl (C=O) groups excluding carboxylic acids is 1. The van der Waals surface area contributed by atoms with Crippen LogP contribution in [0.25, 0.3) is 0 Å². The van der Waals surface area contributed by atoms with Crippen LogP contribution in [0.15, 0.2) is 0 Å². The van der Waals surface area contributed by atoms with E-state index in [9.17, 15) is 4.79 Å². The van der Waals surface area contributed by atoms with Crippen molar-refractivity contribution in [1.29, 1.82) is 0 Å². The zero-order valence-electron chi connectivity index (χ0n) is 7.68. The molecule has 0 aromatic carbocycles. The molecular weight excluding hydrogens is 150 g/mol. The third-order valence-electron chi connectivity index (χ3n) is 2.32. The Balaban J connectivity index is 2.26. The molecule has 0 spiro atoms. The molecule has 1 rings (SSSR count). The molecule has 1 saturated carbocycles. The summed E-state index contributed by atoms with van der Waals surface area (Å²) in [6, 6.07) is -0.139. The van der Waals surface area contributed by atoms with Crippen molar-refractivity contribution in [2.45, 2.75) is 39.2 Å². The molecule has 12 heavy (non-hydrogen) atoms. The number of terminal acetylenes is 1. The van der Waals surface area contributed by atoms with Crippen LogP contribution in [0, 0.1) is 17.8 Å². The second kappa shape index (κ2) is 3.18.